The zero-order valence-electron chi connectivity index (χ0n) is 4.77. The van der Waals surface area contributed by atoms with E-state index in [0.29, 0.717) is 0 Å². The molecule has 0 rings (SSSR count). The first-order chi connectivity index (χ1) is 4.42. The first-order valence-electron chi connectivity index (χ1n) is 2.32. The van der Waals surface area contributed by atoms with Crippen molar-refractivity contribution in [1.82, 2.24) is 0 Å². The Balaban J connectivity index is 3.29. The maximum Gasteiger partial charge on any atom is 0.550 e. The van der Waals surface area contributed by atoms with Crippen molar-refractivity contribution in [3.05, 3.63) is 0 Å². The molecule has 0 fully saturated rings. The van der Waals surface area contributed by atoms with Gasteiger partial charge in [-0.05, 0) is 0 Å². The van der Waals surface area contributed by atoms with Gasteiger partial charge >= 0.3 is 12.3 Å². The molecule has 1 radical (unpaired) electrons. The summed E-state index contributed by atoms with van der Waals surface area (Å²) in [6.45, 7) is -0.897. The van der Waals surface area contributed by atoms with Crippen LogP contribution in [0.4, 0.5) is 18.0 Å². The molecule has 0 aromatic carbocycles. The van der Waals surface area contributed by atoms with Crippen LogP contribution in [0.25, 0.3) is 0 Å². The van der Waals surface area contributed by atoms with Crippen molar-refractivity contribution in [3.8, 4) is 0 Å². The van der Waals surface area contributed by atoms with Gasteiger partial charge in [-0.15, -0.1) is 0 Å². The molecular weight excluding hydrogens is 153 g/mol. The van der Waals surface area contributed by atoms with Crippen LogP contribution < -0.4 is 0 Å². The molecular formula is C4H4F3O3. The molecule has 0 spiro atoms. The molecule has 0 bridgehead atoms. The van der Waals surface area contributed by atoms with Gasteiger partial charge in [0, 0.05) is 0 Å². The van der Waals surface area contributed by atoms with Crippen LogP contribution in [-0.2, 0) is 9.84 Å². The lowest BCUT2D eigenvalue weighted by Gasteiger charge is -2.03. The van der Waals surface area contributed by atoms with Crippen LogP contribution in [0.5, 0.6) is 0 Å². The van der Waals surface area contributed by atoms with Crippen molar-refractivity contribution in [3.63, 3.8) is 0 Å². The summed E-state index contributed by atoms with van der Waals surface area (Å²) in [5.41, 5.74) is 0. The highest BCUT2D eigenvalue weighted by molar-refractivity contribution is 5.56. The summed E-state index contributed by atoms with van der Waals surface area (Å²) in [5, 5.41) is 9.38. The SMILES string of the molecule is [O]C(=O)OCCC(F)(F)F. The van der Waals surface area contributed by atoms with E-state index in [9.17, 15) is 23.1 Å². The van der Waals surface area contributed by atoms with Crippen molar-refractivity contribution in [2.24, 2.45) is 0 Å². The first kappa shape index (κ1) is 9.06. The van der Waals surface area contributed by atoms with Crippen molar-refractivity contribution >= 4 is 6.16 Å². The fourth-order valence-electron chi connectivity index (χ4n) is 0.250. The number of hydrogen-bond acceptors (Lipinski definition) is 2. The molecule has 6 heteroatoms. The zero-order chi connectivity index (χ0) is 8.20. The van der Waals surface area contributed by atoms with Crippen molar-refractivity contribution in [1.29, 1.82) is 0 Å². The van der Waals surface area contributed by atoms with Crippen LogP contribution >= 0.6 is 0 Å². The van der Waals surface area contributed by atoms with Gasteiger partial charge in [0.2, 0.25) is 0 Å². The van der Waals surface area contributed by atoms with Crippen LogP contribution in [0.1, 0.15) is 6.42 Å². The lowest BCUT2D eigenvalue weighted by Crippen LogP contribution is -2.12. The van der Waals surface area contributed by atoms with E-state index in [1.165, 1.54) is 0 Å². The van der Waals surface area contributed by atoms with Gasteiger partial charge in [0.05, 0.1) is 6.42 Å². The fourth-order valence-corrected chi connectivity index (χ4v) is 0.250. The Morgan fingerprint density at radius 2 is 1.90 bits per heavy atom. The molecule has 0 saturated heterocycles. The highest BCUT2D eigenvalue weighted by atomic mass is 19.4. The topological polar surface area (TPSA) is 46.2 Å². The molecule has 0 aromatic rings. The van der Waals surface area contributed by atoms with Gasteiger partial charge in [-0.1, -0.05) is 0 Å². The summed E-state index contributed by atoms with van der Waals surface area (Å²) in [7, 11) is 0. The highest BCUT2D eigenvalue weighted by Crippen LogP contribution is 2.18. The predicted molar refractivity (Wildman–Crippen MR) is 22.7 cm³/mol. The van der Waals surface area contributed by atoms with Crippen molar-refractivity contribution < 1.29 is 27.8 Å². The van der Waals surface area contributed by atoms with E-state index in [2.05, 4.69) is 4.74 Å². The number of ether oxygens (including phenoxy) is 1. The Hall–Kier alpha value is -0.940. The second-order valence-corrected chi connectivity index (χ2v) is 1.46. The third kappa shape index (κ3) is 7.06. The van der Waals surface area contributed by atoms with Crippen LogP contribution in [0.2, 0.25) is 0 Å². The molecule has 0 aromatic heterocycles. The number of hydrogen-bond donors (Lipinski definition) is 0. The van der Waals surface area contributed by atoms with Crippen LogP contribution in [-0.4, -0.2) is 18.9 Å². The summed E-state index contributed by atoms with van der Waals surface area (Å²) in [5.74, 6) is 0. The minimum absolute atomic E-state index is 0.897. The van der Waals surface area contributed by atoms with E-state index < -0.39 is 25.4 Å². The maximum atomic E-state index is 11.2. The molecule has 0 N–H and O–H groups in total. The molecule has 0 unspecified atom stereocenters. The maximum absolute atomic E-state index is 11.2. The van der Waals surface area contributed by atoms with E-state index in [1.807, 2.05) is 0 Å². The van der Waals surface area contributed by atoms with Crippen LogP contribution in [0, 0.1) is 0 Å². The lowest BCUT2D eigenvalue weighted by atomic mass is 10.4. The molecule has 0 aliphatic heterocycles. The van der Waals surface area contributed by atoms with E-state index in [1.54, 1.807) is 0 Å². The van der Waals surface area contributed by atoms with E-state index >= 15 is 0 Å². The fraction of sp³-hybridized carbons (Fsp3) is 0.750. The number of rotatable bonds is 2. The largest absolute Gasteiger partial charge is 0.550 e. The first-order valence-corrected chi connectivity index (χ1v) is 2.32. The number of carbonyl (C=O) groups excluding carboxylic acids is 1. The van der Waals surface area contributed by atoms with Gasteiger partial charge in [0.1, 0.15) is 6.61 Å². The zero-order valence-corrected chi connectivity index (χ0v) is 4.77. The van der Waals surface area contributed by atoms with Crippen LogP contribution in [0.15, 0.2) is 0 Å². The number of carbonyl (C=O) groups is 1. The average Bonchev–Trinajstić information content (AvgIpc) is 1.59. The summed E-state index contributed by atoms with van der Waals surface area (Å²) in [4.78, 5) is 9.38. The Morgan fingerprint density at radius 3 is 2.20 bits per heavy atom. The molecule has 0 aliphatic carbocycles. The lowest BCUT2D eigenvalue weighted by molar-refractivity contribution is -0.142. The monoisotopic (exact) mass is 157 g/mol. The molecule has 10 heavy (non-hydrogen) atoms. The van der Waals surface area contributed by atoms with Crippen LogP contribution in [0.3, 0.4) is 0 Å². The van der Waals surface area contributed by atoms with Crippen molar-refractivity contribution in [2.75, 3.05) is 6.61 Å². The molecule has 59 valence electrons. The molecule has 3 nitrogen and oxygen atoms in total. The average molecular weight is 157 g/mol. The van der Waals surface area contributed by atoms with E-state index in [-0.39, 0.29) is 0 Å². The van der Waals surface area contributed by atoms with Crippen molar-refractivity contribution in [2.45, 2.75) is 12.6 Å². The second kappa shape index (κ2) is 3.28. The summed E-state index contributed by atoms with van der Waals surface area (Å²) < 4.78 is 37.1. The standard InChI is InChI=1S/C4H4F3O3/c5-4(6,7)1-2-10-3(8)9/h1-2H2. The Bertz CT molecular complexity index is 119. The quantitative estimate of drug-likeness (QED) is 0.570. The summed E-state index contributed by atoms with van der Waals surface area (Å²) in [6.07, 6.45) is -7.60. The van der Waals surface area contributed by atoms with Gasteiger partial charge < -0.3 is 4.74 Å². The van der Waals surface area contributed by atoms with E-state index in [0.717, 1.165) is 0 Å². The molecule has 0 saturated carbocycles. The summed E-state index contributed by atoms with van der Waals surface area (Å²) >= 11 is 0. The Morgan fingerprint density at radius 1 is 1.40 bits per heavy atom. The summed E-state index contributed by atoms with van der Waals surface area (Å²) in [6, 6.07) is 0. The minimum Gasteiger partial charge on any atom is -0.431 e. The second-order valence-electron chi connectivity index (χ2n) is 1.46. The van der Waals surface area contributed by atoms with Gasteiger partial charge in [-0.2, -0.15) is 23.1 Å². The minimum atomic E-state index is -4.38. The Kier molecular flexibility index (Phi) is 2.98. The molecule has 0 aliphatic rings. The number of halogens is 3. The molecule has 0 heterocycles. The van der Waals surface area contributed by atoms with Gasteiger partial charge in [-0.25, -0.2) is 0 Å². The smallest absolute Gasteiger partial charge is 0.431 e. The third-order valence-corrected chi connectivity index (χ3v) is 0.605. The predicted octanol–water partition coefficient (Wildman–Crippen LogP) is 1.51. The van der Waals surface area contributed by atoms with Gasteiger partial charge in [0.15, 0.2) is 0 Å². The highest BCUT2D eigenvalue weighted by Gasteiger charge is 2.27. The normalized spacial score (nSPS) is 11.1. The molecule has 0 atom stereocenters. The van der Waals surface area contributed by atoms with Gasteiger partial charge in [0.25, 0.3) is 0 Å². The van der Waals surface area contributed by atoms with Gasteiger partial charge in [-0.3, -0.25) is 0 Å². The third-order valence-electron chi connectivity index (χ3n) is 0.605. The number of alkyl halides is 3. The Labute approximate surface area is 54.4 Å². The molecule has 0 amide bonds. The van der Waals surface area contributed by atoms with E-state index in [4.69, 9.17) is 0 Å².